The van der Waals surface area contributed by atoms with Crippen LogP contribution in [0.5, 0.6) is 5.75 Å². The van der Waals surface area contributed by atoms with Crippen molar-refractivity contribution in [3.05, 3.63) is 54.1 Å². The predicted molar refractivity (Wildman–Crippen MR) is 90.7 cm³/mol. The summed E-state index contributed by atoms with van der Waals surface area (Å²) in [6.45, 7) is 0.391. The number of benzene rings is 2. The van der Waals surface area contributed by atoms with Gasteiger partial charge in [-0.3, -0.25) is 4.79 Å². The van der Waals surface area contributed by atoms with Crippen molar-refractivity contribution in [1.29, 1.82) is 0 Å². The molecule has 24 heavy (non-hydrogen) atoms. The fraction of sp³-hybridized carbons (Fsp3) is 0.235. The number of hydrogen-bond donors (Lipinski definition) is 1. The molecule has 1 heterocycles. The van der Waals surface area contributed by atoms with Crippen molar-refractivity contribution in [3.63, 3.8) is 0 Å². The van der Waals surface area contributed by atoms with Gasteiger partial charge in [0.15, 0.2) is 0 Å². The van der Waals surface area contributed by atoms with E-state index in [0.29, 0.717) is 5.75 Å². The maximum absolute atomic E-state index is 12.3. The summed E-state index contributed by atoms with van der Waals surface area (Å²) in [5.74, 6) is 0.652. The van der Waals surface area contributed by atoms with Crippen LogP contribution in [0.25, 0.3) is 0 Å². The van der Waals surface area contributed by atoms with Gasteiger partial charge in [0.1, 0.15) is 12.4 Å². The Labute approximate surface area is 141 Å². The van der Waals surface area contributed by atoms with Gasteiger partial charge >= 0.3 is 0 Å². The molecule has 1 N–H and O–H groups in total. The van der Waals surface area contributed by atoms with Crippen LogP contribution in [0, 0.1) is 0 Å². The molecule has 0 aromatic heterocycles. The first-order valence-electron chi connectivity index (χ1n) is 7.54. The highest BCUT2D eigenvalue weighted by Crippen LogP contribution is 2.29. The molecule has 0 saturated heterocycles. The summed E-state index contributed by atoms with van der Waals surface area (Å²) >= 11 is 0. The molecule has 0 aliphatic carbocycles. The van der Waals surface area contributed by atoms with Crippen molar-refractivity contribution in [2.24, 2.45) is 0 Å². The second-order valence-electron chi connectivity index (χ2n) is 5.48. The van der Waals surface area contributed by atoms with E-state index in [9.17, 15) is 13.2 Å². The summed E-state index contributed by atoms with van der Waals surface area (Å²) in [4.78, 5) is 13.4. The summed E-state index contributed by atoms with van der Waals surface area (Å²) in [5.41, 5.74) is 1.48. The zero-order valence-electron chi connectivity index (χ0n) is 13.2. The lowest BCUT2D eigenvalue weighted by Gasteiger charge is -2.11. The summed E-state index contributed by atoms with van der Waals surface area (Å²) in [5, 5.41) is 0. The first-order valence-corrected chi connectivity index (χ1v) is 9.03. The molecule has 3 rings (SSSR count). The lowest BCUT2D eigenvalue weighted by atomic mass is 10.2. The topological polar surface area (TPSA) is 75.7 Å². The molecule has 126 valence electrons. The number of para-hydroxylation sites is 1. The number of nitrogens with zero attached hydrogens (tertiary/aromatic N) is 1. The number of amides is 1. The largest absolute Gasteiger partial charge is 0.492 e. The second kappa shape index (κ2) is 6.62. The number of hydrogen-bond acceptors (Lipinski definition) is 4. The first kappa shape index (κ1) is 16.5. The normalized spacial score (nSPS) is 13.9. The summed E-state index contributed by atoms with van der Waals surface area (Å²) < 4.78 is 32.7. The van der Waals surface area contributed by atoms with Crippen molar-refractivity contribution in [1.82, 2.24) is 4.72 Å². The third-order valence-corrected chi connectivity index (χ3v) is 5.30. The number of likely N-dealkylation sites (N-methyl/N-ethyl adjacent to an activating group) is 1. The highest BCUT2D eigenvalue weighted by Gasteiger charge is 2.26. The lowest BCUT2D eigenvalue weighted by Crippen LogP contribution is -2.28. The van der Waals surface area contributed by atoms with Gasteiger partial charge in [-0.2, -0.15) is 0 Å². The van der Waals surface area contributed by atoms with Gasteiger partial charge in [0.2, 0.25) is 15.9 Å². The molecule has 0 atom stereocenters. The van der Waals surface area contributed by atoms with Gasteiger partial charge in [-0.1, -0.05) is 18.2 Å². The zero-order valence-corrected chi connectivity index (χ0v) is 14.0. The third kappa shape index (κ3) is 3.42. The Morgan fingerprint density at radius 3 is 2.67 bits per heavy atom. The van der Waals surface area contributed by atoms with Crippen molar-refractivity contribution in [3.8, 4) is 5.75 Å². The van der Waals surface area contributed by atoms with E-state index in [1.165, 1.54) is 11.0 Å². The molecular weight excluding hydrogens is 328 g/mol. The molecule has 0 saturated carbocycles. The molecule has 6 nitrogen and oxygen atoms in total. The fourth-order valence-electron chi connectivity index (χ4n) is 2.56. The molecule has 0 unspecified atom stereocenters. The lowest BCUT2D eigenvalue weighted by molar-refractivity contribution is -0.117. The van der Waals surface area contributed by atoms with Crippen molar-refractivity contribution in [2.45, 2.75) is 11.3 Å². The van der Waals surface area contributed by atoms with E-state index < -0.39 is 10.0 Å². The number of carbonyl (C=O) groups is 1. The fourth-order valence-corrected chi connectivity index (χ4v) is 3.62. The van der Waals surface area contributed by atoms with E-state index in [-0.39, 0.29) is 30.4 Å². The Morgan fingerprint density at radius 2 is 1.92 bits per heavy atom. The van der Waals surface area contributed by atoms with E-state index in [4.69, 9.17) is 4.74 Å². The molecule has 1 amide bonds. The van der Waals surface area contributed by atoms with Crippen LogP contribution in [0.15, 0.2) is 53.4 Å². The minimum atomic E-state index is -3.63. The van der Waals surface area contributed by atoms with Crippen LogP contribution in [0.2, 0.25) is 0 Å². The Morgan fingerprint density at radius 1 is 1.17 bits per heavy atom. The van der Waals surface area contributed by atoms with Gasteiger partial charge in [0.25, 0.3) is 0 Å². The monoisotopic (exact) mass is 346 g/mol. The number of ether oxygens (including phenoxy) is 1. The molecule has 7 heteroatoms. The quantitative estimate of drug-likeness (QED) is 0.806. The molecule has 0 fully saturated rings. The summed E-state index contributed by atoms with van der Waals surface area (Å²) in [6, 6.07) is 13.9. The molecule has 2 aromatic carbocycles. The molecule has 0 spiro atoms. The van der Waals surface area contributed by atoms with Crippen molar-refractivity contribution < 1.29 is 17.9 Å². The Kier molecular flexibility index (Phi) is 4.55. The summed E-state index contributed by atoms with van der Waals surface area (Å²) in [6.07, 6.45) is 0.228. The van der Waals surface area contributed by atoms with Crippen LogP contribution in [0.1, 0.15) is 5.56 Å². The van der Waals surface area contributed by atoms with Crippen LogP contribution in [-0.2, 0) is 21.2 Å². The molecule has 1 aliphatic heterocycles. The highest BCUT2D eigenvalue weighted by molar-refractivity contribution is 7.89. The highest BCUT2D eigenvalue weighted by atomic mass is 32.2. The van der Waals surface area contributed by atoms with Crippen molar-refractivity contribution >= 4 is 21.6 Å². The number of nitrogens with one attached hydrogen (secondary N) is 1. The molecule has 0 bridgehead atoms. The van der Waals surface area contributed by atoms with Gasteiger partial charge in [0.05, 0.1) is 11.3 Å². The van der Waals surface area contributed by atoms with E-state index >= 15 is 0 Å². The van der Waals surface area contributed by atoms with Gasteiger partial charge in [-0.05, 0) is 35.9 Å². The van der Waals surface area contributed by atoms with Crippen LogP contribution < -0.4 is 14.4 Å². The molecule has 0 radical (unpaired) electrons. The van der Waals surface area contributed by atoms with E-state index in [2.05, 4.69) is 4.72 Å². The van der Waals surface area contributed by atoms with Gasteiger partial charge in [0, 0.05) is 19.3 Å². The number of carbonyl (C=O) groups excluding carboxylic acids is 1. The van der Waals surface area contributed by atoms with Crippen LogP contribution >= 0.6 is 0 Å². The Bertz CT molecular complexity index is 850. The standard InChI is InChI=1S/C17H18N2O4S/c1-19-16-8-7-15(11-13(16)12-17(19)20)24(21,22)18-9-10-23-14-5-3-2-4-6-14/h2-8,11,18H,9-10,12H2,1H3. The second-order valence-corrected chi connectivity index (χ2v) is 7.25. The van der Waals surface area contributed by atoms with Crippen LogP contribution in [-0.4, -0.2) is 34.5 Å². The third-order valence-electron chi connectivity index (χ3n) is 3.84. The van der Waals surface area contributed by atoms with Crippen LogP contribution in [0.3, 0.4) is 0 Å². The summed E-state index contributed by atoms with van der Waals surface area (Å²) in [7, 11) is -1.95. The van der Waals surface area contributed by atoms with Gasteiger partial charge in [-0.25, -0.2) is 13.1 Å². The maximum Gasteiger partial charge on any atom is 0.240 e. The Balaban J connectivity index is 1.62. The zero-order chi connectivity index (χ0) is 17.2. The average molecular weight is 346 g/mol. The number of sulfonamides is 1. The number of rotatable bonds is 6. The SMILES string of the molecule is CN1C(=O)Cc2cc(S(=O)(=O)NCCOc3ccccc3)ccc21. The van der Waals surface area contributed by atoms with Gasteiger partial charge < -0.3 is 9.64 Å². The molecule has 1 aliphatic rings. The smallest absolute Gasteiger partial charge is 0.240 e. The molecular formula is C17H18N2O4S. The average Bonchev–Trinajstić information content (AvgIpc) is 2.87. The van der Waals surface area contributed by atoms with E-state index in [1.54, 1.807) is 19.2 Å². The van der Waals surface area contributed by atoms with E-state index in [1.807, 2.05) is 30.3 Å². The van der Waals surface area contributed by atoms with E-state index in [0.717, 1.165) is 11.3 Å². The number of anilines is 1. The van der Waals surface area contributed by atoms with Crippen molar-refractivity contribution in [2.75, 3.05) is 25.1 Å². The Hall–Kier alpha value is -2.38. The van der Waals surface area contributed by atoms with Crippen LogP contribution in [0.4, 0.5) is 5.69 Å². The maximum atomic E-state index is 12.3. The predicted octanol–water partition coefficient (Wildman–Crippen LogP) is 1.56. The minimum Gasteiger partial charge on any atom is -0.492 e. The first-order chi connectivity index (χ1) is 11.5. The molecule has 2 aromatic rings. The minimum absolute atomic E-state index is 0.0382. The number of fused-ring (bicyclic) bond motifs is 1. The van der Waals surface area contributed by atoms with Gasteiger partial charge in [-0.15, -0.1) is 0 Å².